The molecule has 104 valence electrons. The van der Waals surface area contributed by atoms with E-state index in [4.69, 9.17) is 9.31 Å². The summed E-state index contributed by atoms with van der Waals surface area (Å²) in [4.78, 5) is 10.0. The predicted molar refractivity (Wildman–Crippen MR) is 69.9 cm³/mol. The second-order valence-electron chi connectivity index (χ2n) is 5.72. The Labute approximate surface area is 139 Å². The van der Waals surface area contributed by atoms with E-state index in [1.807, 2.05) is 0 Å². The van der Waals surface area contributed by atoms with E-state index >= 15 is 0 Å². The number of halogens is 1. The third-order valence-electron chi connectivity index (χ3n) is 3.84. The Morgan fingerprint density at radius 3 is 1.85 bits per heavy atom. The molecule has 0 N–H and O–H groups in total. The van der Waals surface area contributed by atoms with Crippen LogP contribution in [0.3, 0.4) is 0 Å². The summed E-state index contributed by atoms with van der Waals surface area (Å²) in [6.45, 7) is 3.89. The van der Waals surface area contributed by atoms with Gasteiger partial charge in [-0.1, -0.05) is 12.1 Å². The van der Waals surface area contributed by atoms with Crippen LogP contribution in [0, 0.1) is 10.1 Å². The standard InChI is InChI=1S/C12H16BFNO4.Na/c1-11(2)12(3,4)19-13(14,18-11)9-5-7-10(8-6-9)15(16)17;/h5-8H,1-4H3;/q-1;+1. The van der Waals surface area contributed by atoms with Crippen LogP contribution in [0.15, 0.2) is 24.3 Å². The monoisotopic (exact) mass is 291 g/mol. The molecule has 1 aliphatic heterocycles. The molecule has 1 aromatic carbocycles. The number of non-ortho nitro benzene ring substituents is 1. The number of rotatable bonds is 2. The van der Waals surface area contributed by atoms with E-state index in [1.165, 1.54) is 24.3 Å². The van der Waals surface area contributed by atoms with Gasteiger partial charge in [0, 0.05) is 23.3 Å². The first-order chi connectivity index (χ1) is 8.57. The largest absolute Gasteiger partial charge is 1.00 e. The van der Waals surface area contributed by atoms with Gasteiger partial charge in [0.2, 0.25) is 0 Å². The van der Waals surface area contributed by atoms with Crippen LogP contribution in [0.25, 0.3) is 0 Å². The molecule has 1 aliphatic rings. The molecule has 5 nitrogen and oxygen atoms in total. The number of hydrogen-bond acceptors (Lipinski definition) is 4. The van der Waals surface area contributed by atoms with Crippen molar-refractivity contribution >= 4 is 18.0 Å². The van der Waals surface area contributed by atoms with Crippen molar-refractivity contribution in [1.29, 1.82) is 0 Å². The maximum Gasteiger partial charge on any atom is 1.00 e. The van der Waals surface area contributed by atoms with Crippen LogP contribution in [0.2, 0.25) is 0 Å². The second kappa shape index (κ2) is 5.38. The molecule has 0 radical (unpaired) electrons. The van der Waals surface area contributed by atoms with Gasteiger partial charge in [-0.25, -0.2) is 0 Å². The van der Waals surface area contributed by atoms with Gasteiger partial charge in [0.15, 0.2) is 0 Å². The van der Waals surface area contributed by atoms with Gasteiger partial charge in [-0.05, 0) is 27.7 Å². The van der Waals surface area contributed by atoms with Crippen LogP contribution in [-0.2, 0) is 9.31 Å². The minimum Gasteiger partial charge on any atom is -0.531 e. The minimum atomic E-state index is -3.12. The topological polar surface area (TPSA) is 61.6 Å². The summed E-state index contributed by atoms with van der Waals surface area (Å²) in [6, 6.07) is 5.14. The summed E-state index contributed by atoms with van der Waals surface area (Å²) >= 11 is 0. The molecular formula is C12H16BFNNaO4. The predicted octanol–water partition coefficient (Wildman–Crippen LogP) is -0.682. The summed E-state index contributed by atoms with van der Waals surface area (Å²) in [5, 5.41) is 10.6. The Kier molecular flexibility index (Phi) is 4.73. The first-order valence-corrected chi connectivity index (χ1v) is 6.05. The normalized spacial score (nSPS) is 22.1. The van der Waals surface area contributed by atoms with E-state index in [0.717, 1.165) is 0 Å². The fourth-order valence-corrected chi connectivity index (χ4v) is 2.03. The third-order valence-corrected chi connectivity index (χ3v) is 3.84. The van der Waals surface area contributed by atoms with E-state index in [0.29, 0.717) is 0 Å². The van der Waals surface area contributed by atoms with Gasteiger partial charge >= 0.3 is 36.4 Å². The SMILES string of the molecule is CC1(C)O[B-](F)(c2ccc([N+](=O)[O-])cc2)OC1(C)C.[Na+]. The van der Waals surface area contributed by atoms with Crippen LogP contribution in [0.1, 0.15) is 27.7 Å². The molecule has 0 amide bonds. The average Bonchev–Trinajstić information content (AvgIpc) is 2.44. The molecule has 8 heteroatoms. The quantitative estimate of drug-likeness (QED) is 0.411. The summed E-state index contributed by atoms with van der Waals surface area (Å²) < 4.78 is 25.7. The molecule has 0 aromatic heterocycles. The fourth-order valence-electron chi connectivity index (χ4n) is 2.03. The smallest absolute Gasteiger partial charge is 0.531 e. The van der Waals surface area contributed by atoms with Gasteiger partial charge in [-0.15, -0.1) is 5.46 Å². The summed E-state index contributed by atoms with van der Waals surface area (Å²) in [5.74, 6) is 0. The van der Waals surface area contributed by atoms with E-state index in [-0.39, 0.29) is 40.7 Å². The number of nitro groups is 1. The van der Waals surface area contributed by atoms with Crippen LogP contribution in [0.5, 0.6) is 0 Å². The number of nitrogens with zero attached hydrogens (tertiary/aromatic N) is 1. The Balaban J connectivity index is 0.00000200. The van der Waals surface area contributed by atoms with Crippen LogP contribution >= 0.6 is 0 Å². The average molecular weight is 291 g/mol. The summed E-state index contributed by atoms with van der Waals surface area (Å²) in [7, 11) is 0. The van der Waals surface area contributed by atoms with Crippen LogP contribution in [-0.4, -0.2) is 23.0 Å². The zero-order valence-corrected chi connectivity index (χ0v) is 14.3. The van der Waals surface area contributed by atoms with E-state index in [1.54, 1.807) is 27.7 Å². The Morgan fingerprint density at radius 1 is 1.10 bits per heavy atom. The molecule has 1 heterocycles. The Hall–Kier alpha value is -0.465. The van der Waals surface area contributed by atoms with Crippen molar-refractivity contribution in [3.63, 3.8) is 0 Å². The Morgan fingerprint density at radius 2 is 1.50 bits per heavy atom. The van der Waals surface area contributed by atoms with Gasteiger partial charge in [0.05, 0.1) is 4.92 Å². The first-order valence-electron chi connectivity index (χ1n) is 6.05. The van der Waals surface area contributed by atoms with Crippen molar-refractivity contribution in [2.24, 2.45) is 0 Å². The molecule has 0 atom stereocenters. The zero-order valence-electron chi connectivity index (χ0n) is 12.3. The molecule has 0 spiro atoms. The van der Waals surface area contributed by atoms with E-state index in [2.05, 4.69) is 0 Å². The molecule has 2 rings (SSSR count). The molecule has 0 aliphatic carbocycles. The maximum atomic E-state index is 14.8. The van der Waals surface area contributed by atoms with Crippen molar-refractivity contribution in [2.75, 3.05) is 0 Å². The van der Waals surface area contributed by atoms with E-state index in [9.17, 15) is 14.4 Å². The number of benzene rings is 1. The van der Waals surface area contributed by atoms with Crippen molar-refractivity contribution in [3.05, 3.63) is 34.4 Å². The number of nitro benzene ring substituents is 1. The fraction of sp³-hybridized carbons (Fsp3) is 0.500. The zero-order chi connectivity index (χ0) is 14.5. The molecule has 1 fully saturated rings. The van der Waals surface area contributed by atoms with Crippen molar-refractivity contribution < 1.29 is 48.1 Å². The van der Waals surface area contributed by atoms with Gasteiger partial charge < -0.3 is 13.6 Å². The maximum absolute atomic E-state index is 14.8. The van der Waals surface area contributed by atoms with Gasteiger partial charge in [-0.2, -0.15) is 0 Å². The number of hydrogen-bond donors (Lipinski definition) is 0. The van der Waals surface area contributed by atoms with Gasteiger partial charge in [-0.3, -0.25) is 10.1 Å². The van der Waals surface area contributed by atoms with Crippen LogP contribution < -0.4 is 35.0 Å². The first kappa shape index (κ1) is 17.6. The molecule has 1 aromatic rings. The summed E-state index contributed by atoms with van der Waals surface area (Å²) in [5.41, 5.74) is -1.50. The molecule has 1 saturated heterocycles. The summed E-state index contributed by atoms with van der Waals surface area (Å²) in [6.07, 6.45) is 0. The molecule has 0 bridgehead atoms. The Bertz CT molecular complexity index is 505. The van der Waals surface area contributed by atoms with Crippen molar-refractivity contribution in [1.82, 2.24) is 0 Å². The van der Waals surface area contributed by atoms with Gasteiger partial charge in [0.1, 0.15) is 0 Å². The van der Waals surface area contributed by atoms with Crippen molar-refractivity contribution in [2.45, 2.75) is 38.9 Å². The second-order valence-corrected chi connectivity index (χ2v) is 5.72. The molecular weight excluding hydrogens is 275 g/mol. The van der Waals surface area contributed by atoms with Gasteiger partial charge in [0.25, 0.3) is 5.69 Å². The third kappa shape index (κ3) is 2.92. The molecule has 0 unspecified atom stereocenters. The van der Waals surface area contributed by atoms with E-state index < -0.39 is 23.0 Å². The van der Waals surface area contributed by atoms with Crippen LogP contribution in [0.4, 0.5) is 10.0 Å². The van der Waals surface area contributed by atoms with Crippen molar-refractivity contribution in [3.8, 4) is 0 Å². The molecule has 20 heavy (non-hydrogen) atoms. The minimum absolute atomic E-state index is 0. The molecule has 0 saturated carbocycles.